The predicted molar refractivity (Wildman–Crippen MR) is 69.8 cm³/mol. The van der Waals surface area contributed by atoms with E-state index in [-0.39, 0.29) is 5.91 Å². The molecule has 0 aliphatic carbocycles. The van der Waals surface area contributed by atoms with Crippen molar-refractivity contribution in [2.75, 3.05) is 24.3 Å². The van der Waals surface area contributed by atoms with Gasteiger partial charge in [-0.25, -0.2) is 0 Å². The Morgan fingerprint density at radius 2 is 2.00 bits per heavy atom. The van der Waals surface area contributed by atoms with E-state index in [0.29, 0.717) is 18.7 Å². The number of benzene rings is 1. The van der Waals surface area contributed by atoms with Crippen molar-refractivity contribution >= 4 is 17.3 Å². The van der Waals surface area contributed by atoms with Crippen molar-refractivity contribution in [2.45, 2.75) is 26.2 Å². The number of hydrogen-bond acceptors (Lipinski definition) is 3. The van der Waals surface area contributed by atoms with Crippen LogP contribution in [0.1, 0.15) is 26.2 Å². The molecule has 0 unspecified atom stereocenters. The highest BCUT2D eigenvalue weighted by Gasteiger charge is 2.01. The molecule has 0 saturated heterocycles. The third kappa shape index (κ3) is 5.92. The molecule has 0 aliphatic heterocycles. The quantitative estimate of drug-likeness (QED) is 0.564. The lowest BCUT2D eigenvalue weighted by atomic mass is 10.3. The highest BCUT2D eigenvalue weighted by molar-refractivity contribution is 5.90. The van der Waals surface area contributed by atoms with Gasteiger partial charge in [0.05, 0.1) is 13.0 Å². The Bertz CT molecular complexity index is 336. The molecule has 0 aliphatic rings. The van der Waals surface area contributed by atoms with Crippen molar-refractivity contribution in [1.29, 1.82) is 0 Å². The van der Waals surface area contributed by atoms with E-state index in [4.69, 9.17) is 10.5 Å². The fourth-order valence-electron chi connectivity index (χ4n) is 1.30. The first-order valence-corrected chi connectivity index (χ1v) is 5.95. The molecule has 1 aromatic carbocycles. The summed E-state index contributed by atoms with van der Waals surface area (Å²) in [6, 6.07) is 7.08. The van der Waals surface area contributed by atoms with Gasteiger partial charge in [0.1, 0.15) is 0 Å². The summed E-state index contributed by atoms with van der Waals surface area (Å²) < 4.78 is 5.32. The van der Waals surface area contributed by atoms with E-state index in [9.17, 15) is 4.79 Å². The lowest BCUT2D eigenvalue weighted by molar-refractivity contribution is -0.117. The van der Waals surface area contributed by atoms with Gasteiger partial charge in [-0.3, -0.25) is 4.79 Å². The third-order valence-electron chi connectivity index (χ3n) is 2.31. The largest absolute Gasteiger partial charge is 0.399 e. The number of unbranched alkanes of at least 4 members (excludes halogenated alkanes) is 1. The maximum atomic E-state index is 11.5. The lowest BCUT2D eigenvalue weighted by Gasteiger charge is -2.06. The van der Waals surface area contributed by atoms with Gasteiger partial charge in [0.25, 0.3) is 0 Å². The van der Waals surface area contributed by atoms with Crippen LogP contribution in [0.5, 0.6) is 0 Å². The van der Waals surface area contributed by atoms with Crippen LogP contribution >= 0.6 is 0 Å². The van der Waals surface area contributed by atoms with E-state index in [2.05, 4.69) is 12.2 Å². The van der Waals surface area contributed by atoms with Crippen LogP contribution in [0, 0.1) is 0 Å². The molecular weight excluding hydrogens is 216 g/mol. The third-order valence-corrected chi connectivity index (χ3v) is 2.31. The summed E-state index contributed by atoms with van der Waals surface area (Å²) in [5.74, 6) is -0.0359. The van der Waals surface area contributed by atoms with Crippen LogP contribution in [0.25, 0.3) is 0 Å². The number of nitrogen functional groups attached to an aromatic ring is 1. The Morgan fingerprint density at radius 1 is 1.29 bits per heavy atom. The molecule has 0 fully saturated rings. The van der Waals surface area contributed by atoms with E-state index in [0.717, 1.165) is 25.1 Å². The minimum atomic E-state index is -0.0359. The molecule has 17 heavy (non-hydrogen) atoms. The number of anilines is 2. The normalized spacial score (nSPS) is 10.2. The van der Waals surface area contributed by atoms with E-state index in [1.807, 2.05) is 0 Å². The molecular formula is C13H20N2O2. The fraction of sp³-hybridized carbons (Fsp3) is 0.462. The Morgan fingerprint density at radius 3 is 2.65 bits per heavy atom. The number of nitrogens with one attached hydrogen (secondary N) is 1. The Hall–Kier alpha value is -1.55. The van der Waals surface area contributed by atoms with Gasteiger partial charge in [0.2, 0.25) is 5.91 Å². The highest BCUT2D eigenvalue weighted by atomic mass is 16.5. The molecule has 0 bridgehead atoms. The maximum absolute atomic E-state index is 11.5. The molecule has 0 heterocycles. The van der Waals surface area contributed by atoms with E-state index < -0.39 is 0 Å². The molecule has 0 saturated carbocycles. The zero-order valence-electron chi connectivity index (χ0n) is 10.2. The van der Waals surface area contributed by atoms with Crippen molar-refractivity contribution in [1.82, 2.24) is 0 Å². The molecule has 0 spiro atoms. The second kappa shape index (κ2) is 7.68. The molecule has 4 nitrogen and oxygen atoms in total. The van der Waals surface area contributed by atoms with Crippen LogP contribution in [0.2, 0.25) is 0 Å². The van der Waals surface area contributed by atoms with Crippen LogP contribution < -0.4 is 11.1 Å². The van der Waals surface area contributed by atoms with Crippen molar-refractivity contribution in [3.63, 3.8) is 0 Å². The Labute approximate surface area is 102 Å². The second-order valence-corrected chi connectivity index (χ2v) is 3.89. The first kappa shape index (κ1) is 13.5. The van der Waals surface area contributed by atoms with Gasteiger partial charge in [-0.1, -0.05) is 13.3 Å². The van der Waals surface area contributed by atoms with E-state index in [1.165, 1.54) is 0 Å². The van der Waals surface area contributed by atoms with Crippen LogP contribution in [-0.4, -0.2) is 19.1 Å². The van der Waals surface area contributed by atoms with Crippen molar-refractivity contribution in [2.24, 2.45) is 0 Å². The molecule has 94 valence electrons. The molecule has 1 aromatic rings. The van der Waals surface area contributed by atoms with Crippen LogP contribution in [-0.2, 0) is 9.53 Å². The monoisotopic (exact) mass is 236 g/mol. The van der Waals surface area contributed by atoms with Gasteiger partial charge in [0.15, 0.2) is 0 Å². The van der Waals surface area contributed by atoms with Gasteiger partial charge in [-0.2, -0.15) is 0 Å². The van der Waals surface area contributed by atoms with E-state index in [1.54, 1.807) is 24.3 Å². The Balaban J connectivity index is 2.18. The number of carbonyl (C=O) groups is 1. The average molecular weight is 236 g/mol. The van der Waals surface area contributed by atoms with E-state index >= 15 is 0 Å². The van der Waals surface area contributed by atoms with Crippen LogP contribution in [0.3, 0.4) is 0 Å². The zero-order chi connectivity index (χ0) is 12.5. The maximum Gasteiger partial charge on any atom is 0.226 e. The number of ether oxygens (including phenoxy) is 1. The van der Waals surface area contributed by atoms with Gasteiger partial charge in [-0.15, -0.1) is 0 Å². The van der Waals surface area contributed by atoms with Crippen LogP contribution in [0.15, 0.2) is 24.3 Å². The molecule has 0 atom stereocenters. The first-order chi connectivity index (χ1) is 8.22. The SMILES string of the molecule is CCCCOCCC(=O)Nc1ccc(N)cc1. The summed E-state index contributed by atoms with van der Waals surface area (Å²) in [4.78, 5) is 11.5. The topological polar surface area (TPSA) is 64.3 Å². The predicted octanol–water partition coefficient (Wildman–Crippen LogP) is 2.41. The minimum absolute atomic E-state index is 0.0359. The average Bonchev–Trinajstić information content (AvgIpc) is 2.32. The first-order valence-electron chi connectivity index (χ1n) is 5.95. The molecule has 0 aromatic heterocycles. The van der Waals surface area contributed by atoms with Crippen molar-refractivity contribution in [3.8, 4) is 0 Å². The molecule has 1 rings (SSSR count). The molecule has 4 heteroatoms. The summed E-state index contributed by atoms with van der Waals surface area (Å²) in [7, 11) is 0. The molecule has 0 radical (unpaired) electrons. The van der Waals surface area contributed by atoms with Gasteiger partial charge in [-0.05, 0) is 30.7 Å². The number of hydrogen-bond donors (Lipinski definition) is 2. The van der Waals surface area contributed by atoms with Crippen molar-refractivity contribution in [3.05, 3.63) is 24.3 Å². The van der Waals surface area contributed by atoms with Crippen molar-refractivity contribution < 1.29 is 9.53 Å². The highest BCUT2D eigenvalue weighted by Crippen LogP contribution is 2.10. The smallest absolute Gasteiger partial charge is 0.226 e. The molecule has 1 amide bonds. The van der Waals surface area contributed by atoms with Gasteiger partial charge < -0.3 is 15.8 Å². The summed E-state index contributed by atoms with van der Waals surface area (Å²) in [5.41, 5.74) is 7.00. The Kier molecular flexibility index (Phi) is 6.10. The number of carbonyl (C=O) groups excluding carboxylic acids is 1. The lowest BCUT2D eigenvalue weighted by Crippen LogP contribution is -2.14. The zero-order valence-corrected chi connectivity index (χ0v) is 10.2. The number of nitrogens with two attached hydrogens (primary N) is 1. The summed E-state index contributed by atoms with van der Waals surface area (Å²) in [6.07, 6.45) is 2.53. The number of amides is 1. The number of rotatable bonds is 7. The summed E-state index contributed by atoms with van der Waals surface area (Å²) in [5, 5.41) is 2.79. The summed E-state index contributed by atoms with van der Waals surface area (Å²) in [6.45, 7) is 3.31. The van der Waals surface area contributed by atoms with Crippen LogP contribution in [0.4, 0.5) is 11.4 Å². The standard InChI is InChI=1S/C13H20N2O2/c1-2-3-9-17-10-8-13(16)15-12-6-4-11(14)5-7-12/h4-7H,2-3,8-10,14H2,1H3,(H,15,16). The summed E-state index contributed by atoms with van der Waals surface area (Å²) >= 11 is 0. The van der Waals surface area contributed by atoms with Gasteiger partial charge in [0, 0.05) is 18.0 Å². The fourth-order valence-corrected chi connectivity index (χ4v) is 1.30. The minimum Gasteiger partial charge on any atom is -0.399 e. The van der Waals surface area contributed by atoms with Gasteiger partial charge >= 0.3 is 0 Å². The second-order valence-electron chi connectivity index (χ2n) is 3.89. The molecule has 3 N–H and O–H groups in total.